The van der Waals surface area contributed by atoms with Gasteiger partial charge in [-0.25, -0.2) is 9.78 Å². The molecule has 0 aliphatic carbocycles. The molecule has 156 valence electrons. The molecular weight excluding hydrogens is 437 g/mol. The van der Waals surface area contributed by atoms with Crippen LogP contribution in [0.3, 0.4) is 0 Å². The highest BCUT2D eigenvalue weighted by molar-refractivity contribution is 7.15. The summed E-state index contributed by atoms with van der Waals surface area (Å²) in [5.74, 6) is -0.0307. The lowest BCUT2D eigenvalue weighted by molar-refractivity contribution is -0.118. The Balaban J connectivity index is 1.56. The van der Waals surface area contributed by atoms with Crippen LogP contribution in [0.2, 0.25) is 10.0 Å². The number of hydrogen-bond acceptors (Lipinski definition) is 6. The van der Waals surface area contributed by atoms with Gasteiger partial charge in [0.25, 0.3) is 5.91 Å². The van der Waals surface area contributed by atoms with Crippen LogP contribution in [-0.4, -0.2) is 40.6 Å². The van der Waals surface area contributed by atoms with Gasteiger partial charge in [-0.1, -0.05) is 34.5 Å². The third kappa shape index (κ3) is 5.98. The largest absolute Gasteiger partial charge is 0.482 e. The van der Waals surface area contributed by atoms with E-state index in [1.54, 1.807) is 23.1 Å². The fourth-order valence-electron chi connectivity index (χ4n) is 2.62. The normalized spacial score (nSPS) is 13.6. The molecule has 3 rings (SSSR count). The van der Waals surface area contributed by atoms with E-state index in [2.05, 4.69) is 10.3 Å². The molecule has 1 aromatic heterocycles. The van der Waals surface area contributed by atoms with Gasteiger partial charge in [0, 0.05) is 28.9 Å². The number of aromatic nitrogens is 1. The number of benzene rings is 1. The number of ether oxygens (including phenoxy) is 2. The minimum absolute atomic E-state index is 0.228. The molecule has 7 nitrogen and oxygen atoms in total. The molecule has 0 unspecified atom stereocenters. The smallest absolute Gasteiger partial charge is 0.410 e. The minimum atomic E-state index is -0.546. The van der Waals surface area contributed by atoms with Gasteiger partial charge < -0.3 is 14.4 Å². The van der Waals surface area contributed by atoms with Crippen LogP contribution in [0, 0.1) is 0 Å². The standard InChI is InChI=1S/C19H21Cl2N3O4S/c1-19(2,3)28-18(26)24-7-6-13-15(9-24)29-17(22-13)23-16(25)10-27-14-8-11(20)4-5-12(14)21/h4-5,8H,6-7,9-10H2,1-3H3,(H,22,23,25). The second-order valence-corrected chi connectivity index (χ2v) is 9.38. The van der Waals surface area contributed by atoms with Gasteiger partial charge in [0.1, 0.15) is 11.4 Å². The molecular formula is C19H21Cl2N3O4S. The highest BCUT2D eigenvalue weighted by Gasteiger charge is 2.28. The molecule has 0 spiro atoms. The average Bonchev–Trinajstić information content (AvgIpc) is 3.02. The zero-order valence-corrected chi connectivity index (χ0v) is 18.6. The summed E-state index contributed by atoms with van der Waals surface area (Å²) in [5.41, 5.74) is 0.333. The molecule has 2 heterocycles. The van der Waals surface area contributed by atoms with Gasteiger partial charge in [-0.15, -0.1) is 0 Å². The summed E-state index contributed by atoms with van der Waals surface area (Å²) in [6.07, 6.45) is 0.254. The molecule has 0 saturated heterocycles. The Bertz CT molecular complexity index is 927. The van der Waals surface area contributed by atoms with Crippen molar-refractivity contribution in [3.8, 4) is 5.75 Å². The number of anilines is 1. The molecule has 0 radical (unpaired) electrons. The number of halogens is 2. The Hall–Kier alpha value is -2.03. The maximum Gasteiger partial charge on any atom is 0.410 e. The SMILES string of the molecule is CC(C)(C)OC(=O)N1CCc2nc(NC(=O)COc3cc(Cl)ccc3Cl)sc2C1. The van der Waals surface area contributed by atoms with Gasteiger partial charge in [-0.3, -0.25) is 10.1 Å². The number of rotatable bonds is 4. The van der Waals surface area contributed by atoms with Gasteiger partial charge in [-0.2, -0.15) is 0 Å². The zero-order chi connectivity index (χ0) is 21.2. The van der Waals surface area contributed by atoms with Crippen molar-refractivity contribution < 1.29 is 19.1 Å². The maximum atomic E-state index is 12.3. The summed E-state index contributed by atoms with van der Waals surface area (Å²) in [4.78, 5) is 31.5. The van der Waals surface area contributed by atoms with Gasteiger partial charge in [0.05, 0.1) is 17.3 Å². The van der Waals surface area contributed by atoms with Crippen LogP contribution in [0.15, 0.2) is 18.2 Å². The number of fused-ring (bicyclic) bond motifs is 1. The molecule has 2 aromatic rings. The first-order chi connectivity index (χ1) is 13.6. The summed E-state index contributed by atoms with van der Waals surface area (Å²) >= 11 is 13.3. The first-order valence-corrected chi connectivity index (χ1v) is 10.5. The Morgan fingerprint density at radius 1 is 1.31 bits per heavy atom. The lowest BCUT2D eigenvalue weighted by atomic mass is 10.2. The molecule has 2 amide bonds. The first-order valence-electron chi connectivity index (χ1n) is 8.95. The Kier molecular flexibility index (Phi) is 6.55. The van der Waals surface area contributed by atoms with Crippen molar-refractivity contribution in [2.75, 3.05) is 18.5 Å². The van der Waals surface area contributed by atoms with E-state index < -0.39 is 5.60 Å². The number of nitrogens with zero attached hydrogens (tertiary/aromatic N) is 2. The van der Waals surface area contributed by atoms with Crippen LogP contribution in [0.25, 0.3) is 0 Å². The number of amides is 2. The van der Waals surface area contributed by atoms with Crippen LogP contribution in [0.4, 0.5) is 9.93 Å². The molecule has 29 heavy (non-hydrogen) atoms. The fourth-order valence-corrected chi connectivity index (χ4v) is 3.99. The first kappa shape index (κ1) is 21.7. The number of hydrogen-bond donors (Lipinski definition) is 1. The van der Waals surface area contributed by atoms with Crippen molar-refractivity contribution >= 4 is 51.7 Å². The average molecular weight is 458 g/mol. The van der Waals surface area contributed by atoms with Crippen LogP contribution < -0.4 is 10.1 Å². The third-order valence-electron chi connectivity index (χ3n) is 3.88. The van der Waals surface area contributed by atoms with E-state index in [4.69, 9.17) is 32.7 Å². The second-order valence-electron chi connectivity index (χ2n) is 7.45. The van der Waals surface area contributed by atoms with E-state index in [0.29, 0.717) is 40.4 Å². The van der Waals surface area contributed by atoms with Crippen LogP contribution >= 0.6 is 34.5 Å². The molecule has 1 aliphatic heterocycles. The van der Waals surface area contributed by atoms with E-state index in [-0.39, 0.29) is 18.6 Å². The molecule has 0 saturated carbocycles. The van der Waals surface area contributed by atoms with Crippen molar-refractivity contribution in [1.82, 2.24) is 9.88 Å². The Labute approximate surface area is 182 Å². The molecule has 1 aromatic carbocycles. The van der Waals surface area contributed by atoms with Gasteiger partial charge in [0.2, 0.25) is 0 Å². The van der Waals surface area contributed by atoms with E-state index >= 15 is 0 Å². The number of thiazole rings is 1. The summed E-state index contributed by atoms with van der Waals surface area (Å²) < 4.78 is 10.8. The Morgan fingerprint density at radius 3 is 2.79 bits per heavy atom. The lowest BCUT2D eigenvalue weighted by Gasteiger charge is -2.29. The molecule has 0 atom stereocenters. The number of carbonyl (C=O) groups is 2. The summed E-state index contributed by atoms with van der Waals surface area (Å²) in [5, 5.41) is 4.02. The van der Waals surface area contributed by atoms with Crippen LogP contribution in [-0.2, 0) is 22.5 Å². The Morgan fingerprint density at radius 2 is 2.07 bits per heavy atom. The van der Waals surface area contributed by atoms with E-state index in [1.165, 1.54) is 11.3 Å². The van der Waals surface area contributed by atoms with Crippen molar-refractivity contribution in [1.29, 1.82) is 0 Å². The summed E-state index contributed by atoms with van der Waals surface area (Å²) in [6, 6.07) is 4.78. The van der Waals surface area contributed by atoms with Gasteiger partial charge >= 0.3 is 6.09 Å². The van der Waals surface area contributed by atoms with Crippen molar-refractivity contribution in [3.63, 3.8) is 0 Å². The topological polar surface area (TPSA) is 80.8 Å². The van der Waals surface area contributed by atoms with Crippen LogP contribution in [0.1, 0.15) is 31.3 Å². The van der Waals surface area contributed by atoms with Crippen LogP contribution in [0.5, 0.6) is 5.75 Å². The predicted molar refractivity (Wildman–Crippen MR) is 113 cm³/mol. The quantitative estimate of drug-likeness (QED) is 0.715. The molecule has 0 fully saturated rings. The highest BCUT2D eigenvalue weighted by Crippen LogP contribution is 2.30. The van der Waals surface area contributed by atoms with E-state index in [1.807, 2.05) is 20.8 Å². The highest BCUT2D eigenvalue weighted by atomic mass is 35.5. The monoisotopic (exact) mass is 457 g/mol. The molecule has 0 bridgehead atoms. The minimum Gasteiger partial charge on any atom is -0.482 e. The second kappa shape index (κ2) is 8.77. The summed E-state index contributed by atoms with van der Waals surface area (Å²) in [7, 11) is 0. The van der Waals surface area contributed by atoms with Crippen molar-refractivity contribution in [3.05, 3.63) is 38.8 Å². The molecule has 10 heteroatoms. The van der Waals surface area contributed by atoms with E-state index in [0.717, 1.165) is 10.6 Å². The zero-order valence-electron chi connectivity index (χ0n) is 16.3. The fraction of sp³-hybridized carbons (Fsp3) is 0.421. The third-order valence-corrected chi connectivity index (χ3v) is 5.43. The number of carbonyl (C=O) groups excluding carboxylic acids is 2. The maximum absolute atomic E-state index is 12.3. The predicted octanol–water partition coefficient (Wildman–Crippen LogP) is 4.76. The summed E-state index contributed by atoms with van der Waals surface area (Å²) in [6.45, 7) is 6.20. The van der Waals surface area contributed by atoms with Gasteiger partial charge in [-0.05, 0) is 32.9 Å². The number of nitrogens with one attached hydrogen (secondary N) is 1. The molecule has 1 aliphatic rings. The van der Waals surface area contributed by atoms with E-state index in [9.17, 15) is 9.59 Å². The lowest BCUT2D eigenvalue weighted by Crippen LogP contribution is -2.39. The van der Waals surface area contributed by atoms with Crippen molar-refractivity contribution in [2.24, 2.45) is 0 Å². The van der Waals surface area contributed by atoms with Crippen molar-refractivity contribution in [2.45, 2.75) is 39.3 Å². The molecule has 1 N–H and O–H groups in total. The van der Waals surface area contributed by atoms with Gasteiger partial charge in [0.15, 0.2) is 11.7 Å².